The predicted octanol–water partition coefficient (Wildman–Crippen LogP) is 2.82. The van der Waals surface area contributed by atoms with E-state index in [0.29, 0.717) is 6.04 Å². The van der Waals surface area contributed by atoms with E-state index in [1.165, 1.54) is 57.2 Å². The molecule has 1 aliphatic heterocycles. The van der Waals surface area contributed by atoms with Gasteiger partial charge in [0.25, 0.3) is 0 Å². The number of hydrogen-bond acceptors (Lipinski definition) is 2. The van der Waals surface area contributed by atoms with E-state index >= 15 is 0 Å². The second-order valence-electron chi connectivity index (χ2n) is 5.36. The Morgan fingerprint density at radius 3 is 2.72 bits per heavy atom. The van der Waals surface area contributed by atoms with Gasteiger partial charge in [-0.1, -0.05) is 43.2 Å². The van der Waals surface area contributed by atoms with Gasteiger partial charge >= 0.3 is 0 Å². The lowest BCUT2D eigenvalue weighted by Gasteiger charge is -2.28. The number of aryl methyl sites for hydroxylation is 1. The van der Waals surface area contributed by atoms with Gasteiger partial charge < -0.3 is 5.73 Å². The van der Waals surface area contributed by atoms with E-state index in [1.54, 1.807) is 0 Å². The van der Waals surface area contributed by atoms with Crippen LogP contribution in [0.15, 0.2) is 30.3 Å². The Balaban J connectivity index is 1.77. The second-order valence-corrected chi connectivity index (χ2v) is 5.36. The van der Waals surface area contributed by atoms with Crippen molar-refractivity contribution in [1.29, 1.82) is 0 Å². The molecule has 1 unspecified atom stereocenters. The molecule has 0 radical (unpaired) electrons. The van der Waals surface area contributed by atoms with Gasteiger partial charge in [0.1, 0.15) is 0 Å². The first-order valence-corrected chi connectivity index (χ1v) is 7.38. The van der Waals surface area contributed by atoms with E-state index in [4.69, 9.17) is 5.73 Å². The Labute approximate surface area is 111 Å². The minimum absolute atomic E-state index is 0.628. The van der Waals surface area contributed by atoms with Crippen LogP contribution in [0.3, 0.4) is 0 Å². The third-order valence-electron chi connectivity index (χ3n) is 4.02. The highest BCUT2D eigenvalue weighted by Gasteiger charge is 2.18. The summed E-state index contributed by atoms with van der Waals surface area (Å²) in [6.07, 6.45) is 7.82. The maximum absolute atomic E-state index is 5.90. The fourth-order valence-corrected chi connectivity index (χ4v) is 2.93. The SMILES string of the molecule is NCC1CCCCCN1CCCc1ccccc1. The lowest BCUT2D eigenvalue weighted by Crippen LogP contribution is -2.40. The van der Waals surface area contributed by atoms with Crippen LogP contribution >= 0.6 is 0 Å². The quantitative estimate of drug-likeness (QED) is 0.865. The number of nitrogens with two attached hydrogens (primary N) is 1. The summed E-state index contributed by atoms with van der Waals surface area (Å²) in [6.45, 7) is 3.28. The van der Waals surface area contributed by atoms with Crippen LogP contribution in [0, 0.1) is 0 Å². The summed E-state index contributed by atoms with van der Waals surface area (Å²) >= 11 is 0. The van der Waals surface area contributed by atoms with Gasteiger partial charge in [0.2, 0.25) is 0 Å². The Morgan fingerprint density at radius 2 is 1.94 bits per heavy atom. The zero-order chi connectivity index (χ0) is 12.6. The van der Waals surface area contributed by atoms with Crippen molar-refractivity contribution in [3.63, 3.8) is 0 Å². The third-order valence-corrected chi connectivity index (χ3v) is 4.02. The van der Waals surface area contributed by atoms with Crippen LogP contribution in [-0.2, 0) is 6.42 Å². The van der Waals surface area contributed by atoms with Crippen molar-refractivity contribution in [3.8, 4) is 0 Å². The molecule has 0 bridgehead atoms. The van der Waals surface area contributed by atoms with Gasteiger partial charge in [0, 0.05) is 12.6 Å². The average molecular weight is 246 g/mol. The fourth-order valence-electron chi connectivity index (χ4n) is 2.93. The van der Waals surface area contributed by atoms with Crippen molar-refractivity contribution in [2.24, 2.45) is 5.73 Å². The molecule has 2 rings (SSSR count). The number of nitrogens with zero attached hydrogens (tertiary/aromatic N) is 1. The molecule has 0 saturated carbocycles. The molecule has 0 aromatic heterocycles. The lowest BCUT2D eigenvalue weighted by molar-refractivity contribution is 0.202. The van der Waals surface area contributed by atoms with E-state index in [-0.39, 0.29) is 0 Å². The molecule has 1 saturated heterocycles. The van der Waals surface area contributed by atoms with E-state index in [2.05, 4.69) is 35.2 Å². The molecule has 100 valence electrons. The standard InChI is InChI=1S/C16H26N2/c17-14-16-11-5-2-6-12-18(16)13-7-10-15-8-3-1-4-9-15/h1,3-4,8-9,16H,2,5-7,10-14,17H2. The van der Waals surface area contributed by atoms with Crippen LogP contribution in [0.4, 0.5) is 0 Å². The summed E-state index contributed by atoms with van der Waals surface area (Å²) < 4.78 is 0. The molecule has 2 N–H and O–H groups in total. The maximum Gasteiger partial charge on any atom is 0.0218 e. The highest BCUT2D eigenvalue weighted by molar-refractivity contribution is 5.14. The molecule has 1 atom stereocenters. The average Bonchev–Trinajstić information content (AvgIpc) is 2.65. The molecule has 18 heavy (non-hydrogen) atoms. The van der Waals surface area contributed by atoms with E-state index in [0.717, 1.165) is 6.54 Å². The van der Waals surface area contributed by atoms with Gasteiger partial charge in [-0.25, -0.2) is 0 Å². The molecule has 0 aliphatic carbocycles. The summed E-state index contributed by atoms with van der Waals surface area (Å²) in [6, 6.07) is 11.4. The molecule has 0 spiro atoms. The summed E-state index contributed by atoms with van der Waals surface area (Å²) in [5.41, 5.74) is 7.36. The monoisotopic (exact) mass is 246 g/mol. The van der Waals surface area contributed by atoms with Crippen LogP contribution in [0.25, 0.3) is 0 Å². The Bertz CT molecular complexity index is 323. The number of likely N-dealkylation sites (tertiary alicyclic amines) is 1. The first kappa shape index (κ1) is 13.6. The van der Waals surface area contributed by atoms with Gasteiger partial charge in [0.05, 0.1) is 0 Å². The summed E-state index contributed by atoms with van der Waals surface area (Å²) in [5.74, 6) is 0. The number of benzene rings is 1. The smallest absolute Gasteiger partial charge is 0.0218 e. The number of hydrogen-bond donors (Lipinski definition) is 1. The van der Waals surface area contributed by atoms with Crippen molar-refractivity contribution < 1.29 is 0 Å². The largest absolute Gasteiger partial charge is 0.329 e. The van der Waals surface area contributed by atoms with E-state index in [9.17, 15) is 0 Å². The van der Waals surface area contributed by atoms with Crippen molar-refractivity contribution in [3.05, 3.63) is 35.9 Å². The van der Waals surface area contributed by atoms with Gasteiger partial charge in [-0.3, -0.25) is 4.90 Å². The zero-order valence-corrected chi connectivity index (χ0v) is 11.4. The molecule has 1 fully saturated rings. The second kappa shape index (κ2) is 7.55. The molecule has 1 aromatic rings. The summed E-state index contributed by atoms with van der Waals surface area (Å²) in [4.78, 5) is 2.62. The van der Waals surface area contributed by atoms with Crippen molar-refractivity contribution >= 4 is 0 Å². The van der Waals surface area contributed by atoms with E-state index in [1.807, 2.05) is 0 Å². The highest BCUT2D eigenvalue weighted by atomic mass is 15.2. The first-order chi connectivity index (χ1) is 8.90. The minimum Gasteiger partial charge on any atom is -0.329 e. The van der Waals surface area contributed by atoms with Gasteiger partial charge in [-0.05, 0) is 44.3 Å². The Hall–Kier alpha value is -0.860. The zero-order valence-electron chi connectivity index (χ0n) is 11.4. The van der Waals surface area contributed by atoms with Gasteiger partial charge in [0.15, 0.2) is 0 Å². The molecule has 1 heterocycles. The maximum atomic E-state index is 5.90. The van der Waals surface area contributed by atoms with Crippen LogP contribution in [-0.4, -0.2) is 30.6 Å². The normalized spacial score (nSPS) is 21.7. The molecule has 2 heteroatoms. The lowest BCUT2D eigenvalue weighted by atomic mass is 10.1. The Morgan fingerprint density at radius 1 is 1.11 bits per heavy atom. The topological polar surface area (TPSA) is 29.3 Å². The molecular weight excluding hydrogens is 220 g/mol. The minimum atomic E-state index is 0.628. The molecule has 2 nitrogen and oxygen atoms in total. The third kappa shape index (κ3) is 4.11. The summed E-state index contributed by atoms with van der Waals surface area (Å²) in [5, 5.41) is 0. The van der Waals surface area contributed by atoms with Crippen molar-refractivity contribution in [2.75, 3.05) is 19.6 Å². The van der Waals surface area contributed by atoms with Crippen molar-refractivity contribution in [2.45, 2.75) is 44.6 Å². The highest BCUT2D eigenvalue weighted by Crippen LogP contribution is 2.16. The number of rotatable bonds is 5. The molecule has 1 aromatic carbocycles. The molecule has 1 aliphatic rings. The van der Waals surface area contributed by atoms with Gasteiger partial charge in [-0.15, -0.1) is 0 Å². The van der Waals surface area contributed by atoms with Crippen LogP contribution in [0.5, 0.6) is 0 Å². The summed E-state index contributed by atoms with van der Waals surface area (Å²) in [7, 11) is 0. The van der Waals surface area contributed by atoms with Gasteiger partial charge in [-0.2, -0.15) is 0 Å². The molecular formula is C16H26N2. The van der Waals surface area contributed by atoms with Crippen LogP contribution < -0.4 is 5.73 Å². The fraction of sp³-hybridized carbons (Fsp3) is 0.625. The Kier molecular flexibility index (Phi) is 5.69. The van der Waals surface area contributed by atoms with E-state index < -0.39 is 0 Å². The van der Waals surface area contributed by atoms with Crippen LogP contribution in [0.1, 0.15) is 37.7 Å². The van der Waals surface area contributed by atoms with Crippen molar-refractivity contribution in [1.82, 2.24) is 4.90 Å². The predicted molar refractivity (Wildman–Crippen MR) is 77.6 cm³/mol. The molecule has 0 amide bonds. The first-order valence-electron chi connectivity index (χ1n) is 7.38. The van der Waals surface area contributed by atoms with Crippen LogP contribution in [0.2, 0.25) is 0 Å².